The highest BCUT2D eigenvalue weighted by Gasteiger charge is 2.22. The minimum absolute atomic E-state index is 0.242. The Balaban J connectivity index is 2.04. The van der Waals surface area contributed by atoms with E-state index in [-0.39, 0.29) is 6.42 Å². The number of ether oxygens (including phenoxy) is 1. The molecule has 6 nitrogen and oxygen atoms in total. The van der Waals surface area contributed by atoms with Crippen LogP contribution in [0.2, 0.25) is 0 Å². The first-order valence-electron chi connectivity index (χ1n) is 7.53. The highest BCUT2D eigenvalue weighted by Crippen LogP contribution is 2.26. The van der Waals surface area contributed by atoms with Gasteiger partial charge in [-0.05, 0) is 39.0 Å². The number of rotatable bonds is 6. The van der Waals surface area contributed by atoms with Crippen LogP contribution in [0.15, 0.2) is 6.07 Å². The van der Waals surface area contributed by atoms with Gasteiger partial charge in [0.05, 0.1) is 6.61 Å². The molecule has 1 aromatic rings. The molecule has 6 heteroatoms. The first-order chi connectivity index (χ1) is 10.1. The summed E-state index contributed by atoms with van der Waals surface area (Å²) in [6.07, 6.45) is 3.13. The number of nitrogens with zero attached hydrogens (tertiary/aromatic N) is 3. The van der Waals surface area contributed by atoms with Gasteiger partial charge in [-0.1, -0.05) is 0 Å². The van der Waals surface area contributed by atoms with Crippen molar-refractivity contribution in [3.8, 4) is 5.88 Å². The molecule has 116 valence electrons. The second-order valence-electron chi connectivity index (χ2n) is 5.43. The number of carbonyl (C=O) groups is 1. The van der Waals surface area contributed by atoms with E-state index in [0.29, 0.717) is 24.2 Å². The number of hydrogen-bond acceptors (Lipinski definition) is 5. The van der Waals surface area contributed by atoms with Gasteiger partial charge in [0.1, 0.15) is 11.6 Å². The molecule has 0 aromatic carbocycles. The summed E-state index contributed by atoms with van der Waals surface area (Å²) < 4.78 is 5.47. The predicted octanol–water partition coefficient (Wildman–Crippen LogP) is 2.26. The molecule has 0 amide bonds. The third kappa shape index (κ3) is 4.58. The van der Waals surface area contributed by atoms with Crippen LogP contribution < -0.4 is 9.64 Å². The number of aromatic nitrogens is 2. The van der Waals surface area contributed by atoms with E-state index in [1.807, 2.05) is 19.9 Å². The van der Waals surface area contributed by atoms with Gasteiger partial charge >= 0.3 is 5.97 Å². The number of carboxylic acids is 1. The summed E-state index contributed by atoms with van der Waals surface area (Å²) in [4.78, 5) is 21.7. The lowest BCUT2D eigenvalue weighted by Crippen LogP contribution is -2.36. The van der Waals surface area contributed by atoms with Crippen LogP contribution in [0.25, 0.3) is 0 Å². The van der Waals surface area contributed by atoms with Crippen molar-refractivity contribution in [2.75, 3.05) is 24.6 Å². The SMILES string of the molecule is CCOc1cc(N2CCCC(CCC(=O)O)C2)nc(C)n1. The van der Waals surface area contributed by atoms with E-state index in [9.17, 15) is 4.79 Å². The lowest BCUT2D eigenvalue weighted by atomic mass is 9.93. The number of piperidine rings is 1. The van der Waals surface area contributed by atoms with E-state index in [2.05, 4.69) is 14.9 Å². The summed E-state index contributed by atoms with van der Waals surface area (Å²) in [7, 11) is 0. The first-order valence-corrected chi connectivity index (χ1v) is 7.53. The molecule has 1 aliphatic heterocycles. The van der Waals surface area contributed by atoms with Crippen LogP contribution >= 0.6 is 0 Å². The molecule has 1 unspecified atom stereocenters. The quantitative estimate of drug-likeness (QED) is 0.867. The second-order valence-corrected chi connectivity index (χ2v) is 5.43. The lowest BCUT2D eigenvalue weighted by Gasteiger charge is -2.33. The average Bonchev–Trinajstić information content (AvgIpc) is 2.45. The Labute approximate surface area is 125 Å². The summed E-state index contributed by atoms with van der Waals surface area (Å²) in [5.41, 5.74) is 0. The van der Waals surface area contributed by atoms with Gasteiger partial charge in [-0.3, -0.25) is 4.79 Å². The summed E-state index contributed by atoms with van der Waals surface area (Å²) in [5.74, 6) is 1.88. The molecule has 2 rings (SSSR count). The fraction of sp³-hybridized carbons (Fsp3) is 0.667. The van der Waals surface area contributed by atoms with Crippen molar-refractivity contribution in [2.45, 2.75) is 39.5 Å². The van der Waals surface area contributed by atoms with Crippen molar-refractivity contribution < 1.29 is 14.6 Å². The fourth-order valence-electron chi connectivity index (χ4n) is 2.75. The maximum atomic E-state index is 10.7. The molecule has 1 N–H and O–H groups in total. The standard InChI is InChI=1S/C15H23N3O3/c1-3-21-14-9-13(16-11(2)17-14)18-8-4-5-12(10-18)6-7-15(19)20/h9,12H,3-8,10H2,1-2H3,(H,19,20). The Kier molecular flexibility index (Phi) is 5.36. The van der Waals surface area contributed by atoms with Crippen LogP contribution in [0.3, 0.4) is 0 Å². The Hall–Kier alpha value is -1.85. The van der Waals surface area contributed by atoms with Gasteiger partial charge in [-0.2, -0.15) is 4.98 Å². The third-order valence-corrected chi connectivity index (χ3v) is 3.70. The average molecular weight is 293 g/mol. The minimum Gasteiger partial charge on any atom is -0.481 e. The van der Waals surface area contributed by atoms with Crippen LogP contribution in [-0.2, 0) is 4.79 Å². The van der Waals surface area contributed by atoms with Gasteiger partial charge in [-0.25, -0.2) is 4.98 Å². The van der Waals surface area contributed by atoms with Crippen LogP contribution in [0, 0.1) is 12.8 Å². The maximum absolute atomic E-state index is 10.7. The van der Waals surface area contributed by atoms with Crippen LogP contribution in [0.5, 0.6) is 5.88 Å². The van der Waals surface area contributed by atoms with Crippen molar-refractivity contribution in [2.24, 2.45) is 5.92 Å². The van der Waals surface area contributed by atoms with Crippen molar-refractivity contribution in [3.63, 3.8) is 0 Å². The monoisotopic (exact) mass is 293 g/mol. The van der Waals surface area contributed by atoms with E-state index in [1.165, 1.54) is 0 Å². The van der Waals surface area contributed by atoms with E-state index < -0.39 is 5.97 Å². The molecule has 1 saturated heterocycles. The molecule has 2 heterocycles. The lowest BCUT2D eigenvalue weighted by molar-refractivity contribution is -0.137. The van der Waals surface area contributed by atoms with Crippen LogP contribution in [0.1, 0.15) is 38.4 Å². The van der Waals surface area contributed by atoms with E-state index in [1.54, 1.807) is 0 Å². The highest BCUT2D eigenvalue weighted by molar-refractivity contribution is 5.66. The Morgan fingerprint density at radius 2 is 2.33 bits per heavy atom. The predicted molar refractivity (Wildman–Crippen MR) is 79.7 cm³/mol. The number of carboxylic acid groups (broad SMARTS) is 1. The number of anilines is 1. The van der Waals surface area contributed by atoms with Crippen molar-refractivity contribution >= 4 is 11.8 Å². The molecule has 21 heavy (non-hydrogen) atoms. The molecule has 0 bridgehead atoms. The van der Waals surface area contributed by atoms with Gasteiger partial charge in [-0.15, -0.1) is 0 Å². The fourth-order valence-corrected chi connectivity index (χ4v) is 2.75. The molecular weight excluding hydrogens is 270 g/mol. The highest BCUT2D eigenvalue weighted by atomic mass is 16.5. The summed E-state index contributed by atoms with van der Waals surface area (Å²) >= 11 is 0. The Bertz CT molecular complexity index is 493. The second kappa shape index (κ2) is 7.24. The Morgan fingerprint density at radius 1 is 1.52 bits per heavy atom. The number of aliphatic carboxylic acids is 1. The summed E-state index contributed by atoms with van der Waals surface area (Å²) in [6.45, 7) is 6.18. The van der Waals surface area contributed by atoms with Crippen molar-refractivity contribution in [1.82, 2.24) is 9.97 Å². The third-order valence-electron chi connectivity index (χ3n) is 3.70. The molecule has 0 saturated carbocycles. The maximum Gasteiger partial charge on any atom is 0.303 e. The molecule has 1 aliphatic rings. The molecule has 0 radical (unpaired) electrons. The van der Waals surface area contributed by atoms with Gasteiger partial charge in [0, 0.05) is 25.6 Å². The topological polar surface area (TPSA) is 75.5 Å². The van der Waals surface area contributed by atoms with Crippen LogP contribution in [0.4, 0.5) is 5.82 Å². The van der Waals surface area contributed by atoms with Gasteiger partial charge < -0.3 is 14.7 Å². The summed E-state index contributed by atoms with van der Waals surface area (Å²) in [5, 5.41) is 8.81. The normalized spacial score (nSPS) is 18.6. The van der Waals surface area contributed by atoms with E-state index in [4.69, 9.17) is 9.84 Å². The molecule has 1 atom stereocenters. The van der Waals surface area contributed by atoms with Gasteiger partial charge in [0.2, 0.25) is 5.88 Å². The number of hydrogen-bond donors (Lipinski definition) is 1. The summed E-state index contributed by atoms with van der Waals surface area (Å²) in [6, 6.07) is 1.87. The molecule has 1 aromatic heterocycles. The van der Waals surface area contributed by atoms with Crippen molar-refractivity contribution in [3.05, 3.63) is 11.9 Å². The smallest absolute Gasteiger partial charge is 0.303 e. The zero-order valence-electron chi connectivity index (χ0n) is 12.7. The molecule has 0 aliphatic carbocycles. The first kappa shape index (κ1) is 15.5. The number of aryl methyl sites for hydroxylation is 1. The Morgan fingerprint density at radius 3 is 3.05 bits per heavy atom. The van der Waals surface area contributed by atoms with Gasteiger partial charge in [0.25, 0.3) is 0 Å². The van der Waals surface area contributed by atoms with E-state index in [0.717, 1.165) is 38.2 Å². The molecule has 0 spiro atoms. The van der Waals surface area contributed by atoms with Crippen molar-refractivity contribution in [1.29, 1.82) is 0 Å². The zero-order valence-corrected chi connectivity index (χ0v) is 12.7. The largest absolute Gasteiger partial charge is 0.481 e. The zero-order chi connectivity index (χ0) is 15.2. The molecular formula is C15H23N3O3. The minimum atomic E-state index is -0.719. The van der Waals surface area contributed by atoms with Crippen LogP contribution in [-0.4, -0.2) is 40.7 Å². The molecule has 1 fully saturated rings. The van der Waals surface area contributed by atoms with Gasteiger partial charge in [0.15, 0.2) is 0 Å². The van der Waals surface area contributed by atoms with E-state index >= 15 is 0 Å².